The molecule has 0 bridgehead atoms. The smallest absolute Gasteiger partial charge is 0.404 e. The first kappa shape index (κ1) is 14.2. The van der Waals surface area contributed by atoms with Gasteiger partial charge in [0.15, 0.2) is 0 Å². The summed E-state index contributed by atoms with van der Waals surface area (Å²) in [4.78, 5) is 20.7. The summed E-state index contributed by atoms with van der Waals surface area (Å²) in [5.74, 6) is -1.11. The van der Waals surface area contributed by atoms with Crippen molar-refractivity contribution in [2.45, 2.75) is 13.0 Å². The van der Waals surface area contributed by atoms with E-state index in [4.69, 9.17) is 5.11 Å². The molecule has 0 spiro atoms. The fourth-order valence-corrected chi connectivity index (χ4v) is 2.18. The molecular formula is C12H10BrN3O4. The number of hydrogen-bond donors (Lipinski definition) is 1. The molecule has 104 valence electrons. The van der Waals surface area contributed by atoms with Crippen molar-refractivity contribution in [3.05, 3.63) is 56.2 Å². The van der Waals surface area contributed by atoms with E-state index in [9.17, 15) is 14.9 Å². The van der Waals surface area contributed by atoms with Gasteiger partial charge in [-0.15, -0.1) is 0 Å². The number of nitro groups is 1. The van der Waals surface area contributed by atoms with Gasteiger partial charge < -0.3 is 15.2 Å². The van der Waals surface area contributed by atoms with Crippen LogP contribution in [0.25, 0.3) is 0 Å². The summed E-state index contributed by atoms with van der Waals surface area (Å²) in [6.07, 6.45) is 1.50. The molecule has 2 aromatic rings. The molecule has 2 rings (SSSR count). The summed E-state index contributed by atoms with van der Waals surface area (Å²) in [6.45, 7) is 0.375. The van der Waals surface area contributed by atoms with Crippen LogP contribution < -0.4 is 0 Å². The Kier molecular flexibility index (Phi) is 4.14. The minimum atomic E-state index is -0.885. The molecule has 8 heteroatoms. The predicted octanol–water partition coefficient (Wildman–Crippen LogP) is 2.23. The van der Waals surface area contributed by atoms with E-state index < -0.39 is 10.9 Å². The topological polar surface area (TPSA) is 98.3 Å². The van der Waals surface area contributed by atoms with Crippen molar-refractivity contribution in [3.63, 3.8) is 0 Å². The third-order valence-corrected chi connectivity index (χ3v) is 3.15. The van der Waals surface area contributed by atoms with E-state index in [0.717, 1.165) is 5.56 Å². The highest BCUT2D eigenvalue weighted by atomic mass is 79.9. The zero-order valence-electron chi connectivity index (χ0n) is 10.2. The molecule has 1 aromatic heterocycles. The predicted molar refractivity (Wildman–Crippen MR) is 73.5 cm³/mol. The third-order valence-electron chi connectivity index (χ3n) is 2.59. The van der Waals surface area contributed by atoms with Gasteiger partial charge in [-0.1, -0.05) is 24.3 Å². The van der Waals surface area contributed by atoms with E-state index in [2.05, 4.69) is 21.0 Å². The molecule has 0 aliphatic heterocycles. The first-order valence-corrected chi connectivity index (χ1v) is 6.42. The third kappa shape index (κ3) is 3.41. The number of carboxylic acid groups (broad SMARTS) is 1. The van der Waals surface area contributed by atoms with Crippen LogP contribution in [0.3, 0.4) is 0 Å². The number of aromatic nitrogens is 2. The fraction of sp³-hybridized carbons (Fsp3) is 0.167. The molecule has 7 nitrogen and oxygen atoms in total. The van der Waals surface area contributed by atoms with Crippen LogP contribution in [0.15, 0.2) is 34.9 Å². The Morgan fingerprint density at radius 1 is 1.35 bits per heavy atom. The van der Waals surface area contributed by atoms with E-state index in [1.54, 1.807) is 24.3 Å². The standard InChI is InChI=1S/C12H10BrN3O4/c13-10-7-15(14-12(10)16(19)20)6-9-3-1-8(2-4-9)5-11(17)18/h1-4,7H,5-6H2,(H,17,18). The Bertz CT molecular complexity index is 651. The monoisotopic (exact) mass is 339 g/mol. The van der Waals surface area contributed by atoms with E-state index in [-0.39, 0.29) is 12.2 Å². The summed E-state index contributed by atoms with van der Waals surface area (Å²) in [5.41, 5.74) is 1.58. The maximum absolute atomic E-state index is 10.7. The molecule has 0 fully saturated rings. The maximum atomic E-state index is 10.7. The number of rotatable bonds is 5. The second-order valence-electron chi connectivity index (χ2n) is 4.14. The van der Waals surface area contributed by atoms with Crippen LogP contribution in [0, 0.1) is 10.1 Å². The Balaban J connectivity index is 2.12. The van der Waals surface area contributed by atoms with Crippen molar-refractivity contribution in [3.8, 4) is 0 Å². The minimum absolute atomic E-state index is 0.0287. The van der Waals surface area contributed by atoms with Crippen LogP contribution in [0.2, 0.25) is 0 Å². The van der Waals surface area contributed by atoms with Crippen molar-refractivity contribution in [1.82, 2.24) is 9.78 Å². The summed E-state index contributed by atoms with van der Waals surface area (Å²) in [5, 5.41) is 23.2. The van der Waals surface area contributed by atoms with Crippen molar-refractivity contribution in [2.24, 2.45) is 0 Å². The summed E-state index contributed by atoms with van der Waals surface area (Å²) < 4.78 is 1.78. The molecule has 0 amide bonds. The molecule has 0 saturated heterocycles. The van der Waals surface area contributed by atoms with Crippen LogP contribution in [0.1, 0.15) is 11.1 Å². The number of hydrogen-bond acceptors (Lipinski definition) is 4. The number of aliphatic carboxylic acids is 1. The second kappa shape index (κ2) is 5.83. The van der Waals surface area contributed by atoms with E-state index >= 15 is 0 Å². The Morgan fingerprint density at radius 2 is 1.95 bits per heavy atom. The molecule has 0 radical (unpaired) electrons. The Labute approximate surface area is 122 Å². The van der Waals surface area contributed by atoms with Gasteiger partial charge in [-0.05, 0) is 32.0 Å². The average Bonchev–Trinajstić information content (AvgIpc) is 2.72. The van der Waals surface area contributed by atoms with Crippen LogP contribution in [0.4, 0.5) is 5.82 Å². The molecule has 1 N–H and O–H groups in total. The first-order chi connectivity index (χ1) is 9.45. The molecule has 0 aliphatic carbocycles. The maximum Gasteiger partial charge on any atom is 0.404 e. The van der Waals surface area contributed by atoms with Crippen molar-refractivity contribution in [2.75, 3.05) is 0 Å². The number of benzene rings is 1. The minimum Gasteiger partial charge on any atom is -0.481 e. The molecule has 0 saturated carbocycles. The summed E-state index contributed by atoms with van der Waals surface area (Å²) >= 11 is 3.08. The first-order valence-electron chi connectivity index (χ1n) is 5.62. The molecule has 20 heavy (non-hydrogen) atoms. The zero-order valence-corrected chi connectivity index (χ0v) is 11.8. The lowest BCUT2D eigenvalue weighted by Crippen LogP contribution is -2.03. The van der Waals surface area contributed by atoms with Crippen LogP contribution >= 0.6 is 15.9 Å². The highest BCUT2D eigenvalue weighted by Gasteiger charge is 2.18. The number of nitrogens with zero attached hydrogens (tertiary/aromatic N) is 3. The molecule has 0 atom stereocenters. The fourth-order valence-electron chi connectivity index (χ4n) is 1.72. The van der Waals surface area contributed by atoms with Crippen molar-refractivity contribution >= 4 is 27.7 Å². The summed E-state index contributed by atoms with van der Waals surface area (Å²) in [7, 11) is 0. The van der Waals surface area contributed by atoms with Gasteiger partial charge in [0, 0.05) is 0 Å². The molecule has 1 heterocycles. The van der Waals surface area contributed by atoms with Gasteiger partial charge in [0.2, 0.25) is 0 Å². The largest absolute Gasteiger partial charge is 0.481 e. The van der Waals surface area contributed by atoms with Gasteiger partial charge >= 0.3 is 11.8 Å². The molecule has 0 aliphatic rings. The van der Waals surface area contributed by atoms with E-state index in [0.29, 0.717) is 16.6 Å². The van der Waals surface area contributed by atoms with Gasteiger partial charge in [-0.25, -0.2) is 0 Å². The SMILES string of the molecule is O=C(O)Cc1ccc(Cn2cc(Br)c([N+](=O)[O-])n2)cc1. The number of carboxylic acids is 1. The highest BCUT2D eigenvalue weighted by molar-refractivity contribution is 9.10. The number of carbonyl (C=O) groups is 1. The molecule has 0 unspecified atom stereocenters. The van der Waals surface area contributed by atoms with Crippen LogP contribution in [-0.4, -0.2) is 25.8 Å². The van der Waals surface area contributed by atoms with Gasteiger partial charge in [0.05, 0.1) is 24.3 Å². The van der Waals surface area contributed by atoms with Crippen LogP contribution in [-0.2, 0) is 17.8 Å². The van der Waals surface area contributed by atoms with Gasteiger partial charge in [-0.3, -0.25) is 4.79 Å². The lowest BCUT2D eigenvalue weighted by atomic mass is 10.1. The average molecular weight is 340 g/mol. The van der Waals surface area contributed by atoms with E-state index in [1.807, 2.05) is 0 Å². The van der Waals surface area contributed by atoms with Crippen LogP contribution in [0.5, 0.6) is 0 Å². The normalized spacial score (nSPS) is 10.4. The molecule has 1 aromatic carbocycles. The lowest BCUT2D eigenvalue weighted by Gasteiger charge is -2.01. The quantitative estimate of drug-likeness (QED) is 0.665. The van der Waals surface area contributed by atoms with Gasteiger partial charge in [0.1, 0.15) is 4.47 Å². The number of halogens is 1. The highest BCUT2D eigenvalue weighted by Crippen LogP contribution is 2.22. The zero-order chi connectivity index (χ0) is 14.7. The van der Waals surface area contributed by atoms with Gasteiger partial charge in [-0.2, -0.15) is 4.68 Å². The summed E-state index contributed by atoms with van der Waals surface area (Å²) in [6, 6.07) is 6.99. The molecular weight excluding hydrogens is 330 g/mol. The Morgan fingerprint density at radius 3 is 2.45 bits per heavy atom. The van der Waals surface area contributed by atoms with Crippen molar-refractivity contribution < 1.29 is 14.8 Å². The second-order valence-corrected chi connectivity index (χ2v) is 5.00. The lowest BCUT2D eigenvalue weighted by molar-refractivity contribution is -0.390. The van der Waals surface area contributed by atoms with Crippen molar-refractivity contribution in [1.29, 1.82) is 0 Å². The van der Waals surface area contributed by atoms with Gasteiger partial charge in [0.25, 0.3) is 0 Å². The Hall–Kier alpha value is -2.22. The van der Waals surface area contributed by atoms with E-state index in [1.165, 1.54) is 10.9 Å².